The molecule has 0 aliphatic carbocycles. The van der Waals surface area contributed by atoms with Gasteiger partial charge in [-0.05, 0) is 26.2 Å². The van der Waals surface area contributed by atoms with Crippen molar-refractivity contribution >= 4 is 11.8 Å². The van der Waals surface area contributed by atoms with Gasteiger partial charge in [0.2, 0.25) is 0 Å². The van der Waals surface area contributed by atoms with Gasteiger partial charge in [0.05, 0.1) is 5.92 Å². The zero-order valence-electron chi connectivity index (χ0n) is 16.3. The van der Waals surface area contributed by atoms with Crippen LogP contribution in [0.25, 0.3) is 11.4 Å². The maximum atomic E-state index is 12.0. The van der Waals surface area contributed by atoms with Crippen molar-refractivity contribution in [2.75, 3.05) is 18.0 Å². The number of benzene rings is 1. The number of hydrogen-bond acceptors (Lipinski definition) is 4. The lowest BCUT2D eigenvalue weighted by Gasteiger charge is -2.28. The first kappa shape index (κ1) is 19.3. The summed E-state index contributed by atoms with van der Waals surface area (Å²) in [5.41, 5.74) is 2.54. The second-order valence-corrected chi connectivity index (χ2v) is 7.32. The predicted molar refractivity (Wildman–Crippen MR) is 108 cm³/mol. The van der Waals surface area contributed by atoms with Crippen LogP contribution in [0.4, 0.5) is 5.82 Å². The fourth-order valence-corrected chi connectivity index (χ4v) is 3.89. The summed E-state index contributed by atoms with van der Waals surface area (Å²) in [6.07, 6.45) is 6.10. The van der Waals surface area contributed by atoms with Crippen LogP contribution in [0, 0.1) is 6.92 Å². The molecule has 2 heterocycles. The van der Waals surface area contributed by atoms with Crippen molar-refractivity contribution < 1.29 is 9.90 Å². The number of hydrogen-bond donors (Lipinski definition) is 1. The number of nitrogens with zero attached hydrogens (tertiary/aromatic N) is 3. The van der Waals surface area contributed by atoms with Crippen molar-refractivity contribution in [1.29, 1.82) is 0 Å². The third-order valence-corrected chi connectivity index (χ3v) is 5.28. The molecule has 1 atom stereocenters. The number of aryl methyl sites for hydroxylation is 1. The summed E-state index contributed by atoms with van der Waals surface area (Å²) in [4.78, 5) is 23.9. The van der Waals surface area contributed by atoms with E-state index in [4.69, 9.17) is 9.97 Å². The van der Waals surface area contributed by atoms with Crippen LogP contribution < -0.4 is 4.90 Å². The van der Waals surface area contributed by atoms with Gasteiger partial charge in [0, 0.05) is 29.9 Å². The standard InChI is InChI=1S/C22H29N3O2/c1-3-11-18(22(26)27)19-16(2)23-20(17-12-7-6-8-13-17)24-21(19)25-14-9-4-5-10-15-25/h6-8,12-13,18H,3-5,9-11,14-15H2,1-2H3,(H,26,27). The summed E-state index contributed by atoms with van der Waals surface area (Å²) < 4.78 is 0. The van der Waals surface area contributed by atoms with Gasteiger partial charge in [0.25, 0.3) is 0 Å². The fraction of sp³-hybridized carbons (Fsp3) is 0.500. The minimum Gasteiger partial charge on any atom is -0.481 e. The van der Waals surface area contributed by atoms with Gasteiger partial charge in [-0.25, -0.2) is 9.97 Å². The van der Waals surface area contributed by atoms with E-state index in [1.807, 2.05) is 44.2 Å². The Morgan fingerprint density at radius 3 is 2.37 bits per heavy atom. The highest BCUT2D eigenvalue weighted by molar-refractivity contribution is 5.79. The molecule has 0 spiro atoms. The third kappa shape index (κ3) is 4.46. The van der Waals surface area contributed by atoms with Crippen LogP contribution >= 0.6 is 0 Å². The second-order valence-electron chi connectivity index (χ2n) is 7.32. The van der Waals surface area contributed by atoms with Gasteiger partial charge in [0.15, 0.2) is 5.82 Å². The molecule has 1 aliphatic rings. The molecular weight excluding hydrogens is 338 g/mol. The minimum atomic E-state index is -0.785. The van der Waals surface area contributed by atoms with Crippen molar-refractivity contribution in [2.45, 2.75) is 58.3 Å². The monoisotopic (exact) mass is 367 g/mol. The SMILES string of the molecule is CCCC(C(=O)O)c1c(C)nc(-c2ccccc2)nc1N1CCCCCC1. The maximum absolute atomic E-state index is 12.0. The zero-order valence-corrected chi connectivity index (χ0v) is 16.3. The van der Waals surface area contributed by atoms with Crippen molar-refractivity contribution in [3.05, 3.63) is 41.6 Å². The van der Waals surface area contributed by atoms with E-state index in [1.165, 1.54) is 12.8 Å². The number of carboxylic acid groups (broad SMARTS) is 1. The molecule has 0 saturated carbocycles. The number of aliphatic carboxylic acids is 1. The first-order valence-corrected chi connectivity index (χ1v) is 10.0. The quantitative estimate of drug-likeness (QED) is 0.794. The van der Waals surface area contributed by atoms with Crippen LogP contribution in [-0.4, -0.2) is 34.1 Å². The zero-order chi connectivity index (χ0) is 19.2. The summed E-state index contributed by atoms with van der Waals surface area (Å²) >= 11 is 0. The van der Waals surface area contributed by atoms with Crippen LogP contribution in [0.5, 0.6) is 0 Å². The normalized spacial score (nSPS) is 16.0. The average molecular weight is 367 g/mol. The van der Waals surface area contributed by atoms with Gasteiger partial charge in [-0.1, -0.05) is 56.5 Å². The molecule has 27 heavy (non-hydrogen) atoms. The first-order chi connectivity index (χ1) is 13.1. The Kier molecular flexibility index (Phi) is 6.43. The Morgan fingerprint density at radius 1 is 1.11 bits per heavy atom. The molecule has 0 bridgehead atoms. The topological polar surface area (TPSA) is 66.3 Å². The van der Waals surface area contributed by atoms with Gasteiger partial charge in [-0.15, -0.1) is 0 Å². The Bertz CT molecular complexity index is 769. The van der Waals surface area contributed by atoms with Crippen LogP contribution in [-0.2, 0) is 4.79 Å². The van der Waals surface area contributed by atoms with Gasteiger partial charge in [-0.2, -0.15) is 0 Å². The van der Waals surface area contributed by atoms with E-state index < -0.39 is 11.9 Å². The molecule has 5 heteroatoms. The lowest BCUT2D eigenvalue weighted by Crippen LogP contribution is -2.29. The Balaban J connectivity index is 2.14. The van der Waals surface area contributed by atoms with Gasteiger partial charge in [0.1, 0.15) is 5.82 Å². The Labute approximate surface area is 161 Å². The number of rotatable bonds is 6. The highest BCUT2D eigenvalue weighted by Gasteiger charge is 2.29. The number of aromatic nitrogens is 2. The lowest BCUT2D eigenvalue weighted by molar-refractivity contribution is -0.139. The fourth-order valence-electron chi connectivity index (χ4n) is 3.89. The molecule has 1 unspecified atom stereocenters. The molecule has 2 aromatic rings. The smallest absolute Gasteiger partial charge is 0.311 e. The molecule has 3 rings (SSSR count). The molecule has 1 N–H and O–H groups in total. The minimum absolute atomic E-state index is 0.557. The number of anilines is 1. The molecule has 144 valence electrons. The summed E-state index contributed by atoms with van der Waals surface area (Å²) in [6, 6.07) is 9.93. The van der Waals surface area contributed by atoms with E-state index >= 15 is 0 Å². The van der Waals surface area contributed by atoms with Crippen molar-refractivity contribution in [2.24, 2.45) is 0 Å². The third-order valence-electron chi connectivity index (χ3n) is 5.28. The van der Waals surface area contributed by atoms with E-state index in [0.717, 1.165) is 55.0 Å². The van der Waals surface area contributed by atoms with Crippen molar-refractivity contribution in [3.8, 4) is 11.4 Å². The van der Waals surface area contributed by atoms with E-state index in [-0.39, 0.29) is 0 Å². The van der Waals surface area contributed by atoms with Crippen LogP contribution in [0.15, 0.2) is 30.3 Å². The number of carboxylic acids is 1. The molecule has 1 fully saturated rings. The van der Waals surface area contributed by atoms with E-state index in [0.29, 0.717) is 12.2 Å². The van der Waals surface area contributed by atoms with Gasteiger partial charge in [-0.3, -0.25) is 4.79 Å². The summed E-state index contributed by atoms with van der Waals surface area (Å²) in [5.74, 6) is 0.158. The second kappa shape index (κ2) is 8.98. The van der Waals surface area contributed by atoms with E-state index in [9.17, 15) is 9.90 Å². The Hall–Kier alpha value is -2.43. The van der Waals surface area contributed by atoms with Crippen LogP contribution in [0.1, 0.15) is 62.6 Å². The predicted octanol–water partition coefficient (Wildman–Crippen LogP) is 4.80. The van der Waals surface area contributed by atoms with Crippen molar-refractivity contribution in [3.63, 3.8) is 0 Å². The molecule has 1 aromatic heterocycles. The summed E-state index contributed by atoms with van der Waals surface area (Å²) in [5, 5.41) is 9.87. The van der Waals surface area contributed by atoms with Gasteiger partial charge >= 0.3 is 5.97 Å². The molecule has 1 aromatic carbocycles. The van der Waals surface area contributed by atoms with Gasteiger partial charge < -0.3 is 10.0 Å². The molecule has 5 nitrogen and oxygen atoms in total. The van der Waals surface area contributed by atoms with Crippen LogP contribution in [0.2, 0.25) is 0 Å². The van der Waals surface area contributed by atoms with E-state index in [2.05, 4.69) is 4.90 Å². The highest BCUT2D eigenvalue weighted by atomic mass is 16.4. The maximum Gasteiger partial charge on any atom is 0.311 e. The van der Waals surface area contributed by atoms with E-state index in [1.54, 1.807) is 0 Å². The molecular formula is C22H29N3O2. The largest absolute Gasteiger partial charge is 0.481 e. The molecule has 0 amide bonds. The Morgan fingerprint density at radius 2 is 1.78 bits per heavy atom. The molecule has 1 saturated heterocycles. The lowest BCUT2D eigenvalue weighted by atomic mass is 9.93. The highest BCUT2D eigenvalue weighted by Crippen LogP contribution is 2.34. The summed E-state index contributed by atoms with van der Waals surface area (Å²) in [7, 11) is 0. The molecule has 0 radical (unpaired) electrons. The number of carbonyl (C=O) groups is 1. The first-order valence-electron chi connectivity index (χ1n) is 10.0. The summed E-state index contributed by atoms with van der Waals surface area (Å²) in [6.45, 7) is 5.80. The molecule has 1 aliphatic heterocycles. The van der Waals surface area contributed by atoms with Crippen LogP contribution in [0.3, 0.4) is 0 Å². The average Bonchev–Trinajstić information content (AvgIpc) is 2.96. The van der Waals surface area contributed by atoms with Crippen molar-refractivity contribution in [1.82, 2.24) is 9.97 Å².